The topological polar surface area (TPSA) is 53.1 Å². The van der Waals surface area contributed by atoms with Gasteiger partial charge in [-0.3, -0.25) is 0 Å². The number of hydrogen-bond acceptors (Lipinski definition) is 3. The van der Waals surface area contributed by atoms with E-state index in [9.17, 15) is 0 Å². The third-order valence-corrected chi connectivity index (χ3v) is 3.76. The van der Waals surface area contributed by atoms with Crippen LogP contribution in [0.5, 0.6) is 11.6 Å². The Morgan fingerprint density at radius 1 is 1.35 bits per heavy atom. The largest absolute Gasteiger partial charge is 0.439 e. The van der Waals surface area contributed by atoms with Gasteiger partial charge in [0, 0.05) is 13.6 Å². The molecule has 20 heavy (non-hydrogen) atoms. The van der Waals surface area contributed by atoms with Crippen LogP contribution in [-0.4, -0.2) is 9.78 Å². The predicted molar refractivity (Wildman–Crippen MR) is 81.1 cm³/mol. The summed E-state index contributed by atoms with van der Waals surface area (Å²) in [5.41, 5.74) is 8.91. The Morgan fingerprint density at radius 2 is 2.05 bits per heavy atom. The minimum atomic E-state index is 0.431. The molecule has 2 rings (SSSR count). The molecule has 0 saturated carbocycles. The van der Waals surface area contributed by atoms with Crippen molar-refractivity contribution in [2.75, 3.05) is 0 Å². The molecule has 0 amide bonds. The third kappa shape index (κ3) is 2.70. The third-order valence-electron chi connectivity index (χ3n) is 3.76. The monoisotopic (exact) mass is 273 g/mol. The molecule has 0 aliphatic carbocycles. The van der Waals surface area contributed by atoms with E-state index >= 15 is 0 Å². The highest BCUT2D eigenvalue weighted by Crippen LogP contribution is 2.33. The van der Waals surface area contributed by atoms with Gasteiger partial charge < -0.3 is 10.5 Å². The Hall–Kier alpha value is -1.81. The number of hydrogen-bond donors (Lipinski definition) is 1. The van der Waals surface area contributed by atoms with Gasteiger partial charge in [0.2, 0.25) is 5.88 Å². The summed E-state index contributed by atoms with van der Waals surface area (Å²) in [6.45, 7) is 6.78. The molecule has 0 radical (unpaired) electrons. The fraction of sp³-hybridized carbons (Fsp3) is 0.438. The van der Waals surface area contributed by atoms with Gasteiger partial charge >= 0.3 is 0 Å². The van der Waals surface area contributed by atoms with Crippen molar-refractivity contribution in [3.05, 3.63) is 41.1 Å². The number of benzene rings is 1. The van der Waals surface area contributed by atoms with Crippen molar-refractivity contribution in [3.8, 4) is 11.6 Å². The van der Waals surface area contributed by atoms with Gasteiger partial charge in [0.05, 0.1) is 11.3 Å². The predicted octanol–water partition coefficient (Wildman–Crippen LogP) is 3.49. The molecule has 0 saturated heterocycles. The van der Waals surface area contributed by atoms with Crippen molar-refractivity contribution >= 4 is 0 Å². The van der Waals surface area contributed by atoms with Crippen LogP contribution in [0.25, 0.3) is 0 Å². The summed E-state index contributed by atoms with van der Waals surface area (Å²) >= 11 is 0. The van der Waals surface area contributed by atoms with E-state index < -0.39 is 0 Å². The van der Waals surface area contributed by atoms with Crippen LogP contribution in [0.1, 0.15) is 43.0 Å². The van der Waals surface area contributed by atoms with Crippen LogP contribution in [0, 0.1) is 6.92 Å². The minimum absolute atomic E-state index is 0.431. The summed E-state index contributed by atoms with van der Waals surface area (Å²) < 4.78 is 7.88. The number of nitrogens with zero attached hydrogens (tertiary/aromatic N) is 2. The Bertz CT molecular complexity index is 589. The molecule has 1 aromatic carbocycles. The van der Waals surface area contributed by atoms with E-state index in [1.165, 1.54) is 5.56 Å². The molecular weight excluding hydrogens is 250 g/mol. The van der Waals surface area contributed by atoms with E-state index in [-0.39, 0.29) is 0 Å². The molecule has 2 aromatic rings. The van der Waals surface area contributed by atoms with Crippen molar-refractivity contribution in [1.82, 2.24) is 9.78 Å². The van der Waals surface area contributed by atoms with Gasteiger partial charge in [-0.15, -0.1) is 0 Å². The second-order valence-electron chi connectivity index (χ2n) is 5.15. The first-order valence-electron chi connectivity index (χ1n) is 7.07. The van der Waals surface area contributed by atoms with Crippen LogP contribution in [0.4, 0.5) is 0 Å². The standard InChI is InChI=1S/C16H23N3O/c1-5-11(2)13-8-6-7-9-15(13)20-16-14(10-17)12(3)18-19(16)4/h6-9,11H,5,10,17H2,1-4H3. The van der Waals surface area contributed by atoms with Gasteiger partial charge in [-0.2, -0.15) is 5.10 Å². The van der Waals surface area contributed by atoms with Gasteiger partial charge in [0.15, 0.2) is 0 Å². The van der Waals surface area contributed by atoms with Crippen LogP contribution in [0.2, 0.25) is 0 Å². The Morgan fingerprint density at radius 3 is 2.70 bits per heavy atom. The first-order chi connectivity index (χ1) is 9.58. The minimum Gasteiger partial charge on any atom is -0.439 e. The van der Waals surface area contributed by atoms with Gasteiger partial charge in [0.1, 0.15) is 5.75 Å². The number of aryl methyl sites for hydroxylation is 2. The number of aromatic nitrogens is 2. The van der Waals surface area contributed by atoms with Crippen molar-refractivity contribution in [1.29, 1.82) is 0 Å². The molecule has 0 aliphatic heterocycles. The van der Waals surface area contributed by atoms with Gasteiger partial charge in [-0.1, -0.05) is 32.0 Å². The molecule has 4 nitrogen and oxygen atoms in total. The Labute approximate surface area is 120 Å². The lowest BCUT2D eigenvalue weighted by atomic mass is 9.98. The maximum absolute atomic E-state index is 6.13. The number of nitrogens with two attached hydrogens (primary N) is 1. The number of para-hydroxylation sites is 1. The molecular formula is C16H23N3O. The van der Waals surface area contributed by atoms with E-state index in [4.69, 9.17) is 10.5 Å². The van der Waals surface area contributed by atoms with Crippen molar-refractivity contribution < 1.29 is 4.74 Å². The molecule has 1 aromatic heterocycles. The van der Waals surface area contributed by atoms with Crippen LogP contribution in [-0.2, 0) is 13.6 Å². The first-order valence-corrected chi connectivity index (χ1v) is 7.07. The molecule has 0 bridgehead atoms. The van der Waals surface area contributed by atoms with Gasteiger partial charge in [-0.05, 0) is 30.9 Å². The lowest BCUT2D eigenvalue weighted by Gasteiger charge is -2.16. The van der Waals surface area contributed by atoms with Gasteiger partial charge in [-0.25, -0.2) is 4.68 Å². The number of rotatable bonds is 5. The summed E-state index contributed by atoms with van der Waals surface area (Å²) in [6.07, 6.45) is 1.08. The van der Waals surface area contributed by atoms with Crippen molar-refractivity contribution in [2.45, 2.75) is 39.7 Å². The quantitative estimate of drug-likeness (QED) is 0.907. The lowest BCUT2D eigenvalue weighted by Crippen LogP contribution is -2.03. The molecule has 0 aliphatic rings. The Balaban J connectivity index is 2.40. The number of ether oxygens (including phenoxy) is 1. The summed E-state index contributed by atoms with van der Waals surface area (Å²) in [5, 5.41) is 4.38. The maximum atomic E-state index is 6.13. The van der Waals surface area contributed by atoms with Crippen LogP contribution in [0.3, 0.4) is 0 Å². The van der Waals surface area contributed by atoms with E-state index in [1.807, 2.05) is 32.2 Å². The fourth-order valence-electron chi connectivity index (χ4n) is 2.35. The Kier molecular flexibility index (Phi) is 4.45. The molecule has 1 heterocycles. The average molecular weight is 273 g/mol. The molecule has 1 atom stereocenters. The molecule has 4 heteroatoms. The van der Waals surface area contributed by atoms with Crippen molar-refractivity contribution in [2.24, 2.45) is 12.8 Å². The summed E-state index contributed by atoms with van der Waals surface area (Å²) in [7, 11) is 1.88. The summed E-state index contributed by atoms with van der Waals surface area (Å²) in [6, 6.07) is 8.16. The maximum Gasteiger partial charge on any atom is 0.222 e. The fourth-order valence-corrected chi connectivity index (χ4v) is 2.35. The molecule has 108 valence electrons. The average Bonchev–Trinajstić information content (AvgIpc) is 2.72. The van der Waals surface area contributed by atoms with Crippen LogP contribution in [0.15, 0.2) is 24.3 Å². The van der Waals surface area contributed by atoms with E-state index in [1.54, 1.807) is 4.68 Å². The summed E-state index contributed by atoms with van der Waals surface area (Å²) in [4.78, 5) is 0. The molecule has 0 spiro atoms. The highest BCUT2D eigenvalue weighted by Gasteiger charge is 2.17. The van der Waals surface area contributed by atoms with Crippen LogP contribution >= 0.6 is 0 Å². The van der Waals surface area contributed by atoms with Crippen molar-refractivity contribution in [3.63, 3.8) is 0 Å². The zero-order valence-corrected chi connectivity index (χ0v) is 12.7. The lowest BCUT2D eigenvalue weighted by molar-refractivity contribution is 0.418. The molecule has 0 fully saturated rings. The second kappa shape index (κ2) is 6.09. The SMILES string of the molecule is CCC(C)c1ccccc1Oc1c(CN)c(C)nn1C. The van der Waals surface area contributed by atoms with Crippen LogP contribution < -0.4 is 10.5 Å². The zero-order valence-electron chi connectivity index (χ0n) is 12.7. The van der Waals surface area contributed by atoms with E-state index in [0.29, 0.717) is 12.5 Å². The molecule has 1 unspecified atom stereocenters. The first kappa shape index (κ1) is 14.6. The second-order valence-corrected chi connectivity index (χ2v) is 5.15. The smallest absolute Gasteiger partial charge is 0.222 e. The molecule has 2 N–H and O–H groups in total. The highest BCUT2D eigenvalue weighted by molar-refractivity contribution is 5.41. The summed E-state index contributed by atoms with van der Waals surface area (Å²) in [5.74, 6) is 2.09. The van der Waals surface area contributed by atoms with Gasteiger partial charge in [0.25, 0.3) is 0 Å². The normalized spacial score (nSPS) is 12.4. The van der Waals surface area contributed by atoms with E-state index in [0.717, 1.165) is 29.3 Å². The highest BCUT2D eigenvalue weighted by atomic mass is 16.5. The van der Waals surface area contributed by atoms with E-state index in [2.05, 4.69) is 25.0 Å². The zero-order chi connectivity index (χ0) is 14.7.